The third-order valence-corrected chi connectivity index (χ3v) is 3.67. The highest BCUT2D eigenvalue weighted by Crippen LogP contribution is 2.36. The average molecular weight is 284 g/mol. The van der Waals surface area contributed by atoms with Crippen LogP contribution in [0.4, 0.5) is 13.2 Å². The SMILES string of the molecule is C[C@H](O)c1c(F)cccc1Sc1ccc(F)cc1F. The molecular weight excluding hydrogens is 273 g/mol. The van der Waals surface area contributed by atoms with Crippen LogP contribution in [-0.2, 0) is 0 Å². The Labute approximate surface area is 113 Å². The second-order valence-corrected chi connectivity index (χ2v) is 5.09. The molecule has 2 aromatic rings. The highest BCUT2D eigenvalue weighted by Gasteiger charge is 2.15. The number of hydrogen-bond acceptors (Lipinski definition) is 2. The Morgan fingerprint density at radius 3 is 2.37 bits per heavy atom. The van der Waals surface area contributed by atoms with Crippen LogP contribution in [-0.4, -0.2) is 5.11 Å². The summed E-state index contributed by atoms with van der Waals surface area (Å²) in [5.74, 6) is -1.94. The molecule has 2 rings (SSSR count). The van der Waals surface area contributed by atoms with E-state index in [1.165, 1.54) is 25.1 Å². The number of aliphatic hydroxyl groups excluding tert-OH is 1. The minimum Gasteiger partial charge on any atom is -0.389 e. The molecule has 0 aromatic heterocycles. The van der Waals surface area contributed by atoms with Crippen LogP contribution in [0.15, 0.2) is 46.2 Å². The molecule has 0 aliphatic heterocycles. The van der Waals surface area contributed by atoms with Gasteiger partial charge in [0, 0.05) is 21.4 Å². The van der Waals surface area contributed by atoms with Gasteiger partial charge in [0.2, 0.25) is 0 Å². The van der Waals surface area contributed by atoms with Crippen molar-refractivity contribution in [2.45, 2.75) is 22.8 Å². The molecule has 0 bridgehead atoms. The minimum absolute atomic E-state index is 0.108. The molecule has 0 unspecified atom stereocenters. The van der Waals surface area contributed by atoms with Gasteiger partial charge in [-0.1, -0.05) is 17.8 Å². The van der Waals surface area contributed by atoms with E-state index in [1.807, 2.05) is 0 Å². The zero-order chi connectivity index (χ0) is 14.0. The van der Waals surface area contributed by atoms with Gasteiger partial charge < -0.3 is 5.11 Å². The molecule has 0 spiro atoms. The molecule has 19 heavy (non-hydrogen) atoms. The Kier molecular flexibility index (Phi) is 4.17. The summed E-state index contributed by atoms with van der Waals surface area (Å²) in [7, 11) is 0. The predicted octanol–water partition coefficient (Wildman–Crippen LogP) is 4.31. The van der Waals surface area contributed by atoms with Crippen molar-refractivity contribution in [3.63, 3.8) is 0 Å². The third kappa shape index (κ3) is 3.11. The largest absolute Gasteiger partial charge is 0.389 e. The van der Waals surface area contributed by atoms with Crippen LogP contribution in [0.25, 0.3) is 0 Å². The minimum atomic E-state index is -1.01. The van der Waals surface area contributed by atoms with Crippen molar-refractivity contribution in [1.82, 2.24) is 0 Å². The van der Waals surface area contributed by atoms with Gasteiger partial charge in [0.15, 0.2) is 0 Å². The molecule has 1 N–H and O–H groups in total. The van der Waals surface area contributed by atoms with Gasteiger partial charge >= 0.3 is 0 Å². The van der Waals surface area contributed by atoms with E-state index in [1.54, 1.807) is 6.07 Å². The number of hydrogen-bond donors (Lipinski definition) is 1. The molecule has 0 aliphatic rings. The van der Waals surface area contributed by atoms with Crippen molar-refractivity contribution in [2.75, 3.05) is 0 Å². The summed E-state index contributed by atoms with van der Waals surface area (Å²) in [6.07, 6.45) is -1.01. The summed E-state index contributed by atoms with van der Waals surface area (Å²) >= 11 is 0.950. The number of benzene rings is 2. The smallest absolute Gasteiger partial charge is 0.140 e. The quantitative estimate of drug-likeness (QED) is 0.906. The Morgan fingerprint density at radius 2 is 1.74 bits per heavy atom. The molecule has 0 saturated carbocycles. The average Bonchev–Trinajstić information content (AvgIpc) is 2.32. The first kappa shape index (κ1) is 14.0. The van der Waals surface area contributed by atoms with Gasteiger partial charge in [-0.3, -0.25) is 0 Å². The van der Waals surface area contributed by atoms with Gasteiger partial charge in [0.25, 0.3) is 0 Å². The highest BCUT2D eigenvalue weighted by atomic mass is 32.2. The van der Waals surface area contributed by atoms with E-state index < -0.39 is 23.6 Å². The van der Waals surface area contributed by atoms with Crippen molar-refractivity contribution >= 4 is 11.8 Å². The fraction of sp³-hybridized carbons (Fsp3) is 0.143. The van der Waals surface area contributed by atoms with Crippen molar-refractivity contribution in [3.05, 3.63) is 59.4 Å². The predicted molar refractivity (Wildman–Crippen MR) is 67.5 cm³/mol. The van der Waals surface area contributed by atoms with E-state index in [4.69, 9.17) is 0 Å². The van der Waals surface area contributed by atoms with E-state index in [-0.39, 0.29) is 10.5 Å². The first-order chi connectivity index (χ1) is 8.99. The maximum atomic E-state index is 13.6. The van der Waals surface area contributed by atoms with Gasteiger partial charge in [-0.25, -0.2) is 13.2 Å². The third-order valence-electron chi connectivity index (χ3n) is 2.54. The monoisotopic (exact) mass is 284 g/mol. The topological polar surface area (TPSA) is 20.2 Å². The molecular formula is C14H11F3OS. The molecule has 0 fully saturated rings. The standard InChI is InChI=1S/C14H11F3OS/c1-8(18)14-10(16)3-2-4-13(14)19-12-6-5-9(15)7-11(12)17/h2-8,18H,1H3/t8-/m0/s1. The summed E-state index contributed by atoms with van der Waals surface area (Å²) in [5.41, 5.74) is 0.108. The van der Waals surface area contributed by atoms with E-state index in [9.17, 15) is 18.3 Å². The van der Waals surface area contributed by atoms with Crippen molar-refractivity contribution in [3.8, 4) is 0 Å². The van der Waals surface area contributed by atoms with E-state index in [0.29, 0.717) is 4.90 Å². The fourth-order valence-electron chi connectivity index (χ4n) is 1.69. The van der Waals surface area contributed by atoms with Crippen molar-refractivity contribution < 1.29 is 18.3 Å². The van der Waals surface area contributed by atoms with E-state index >= 15 is 0 Å². The van der Waals surface area contributed by atoms with Crippen LogP contribution in [0.5, 0.6) is 0 Å². The number of aliphatic hydroxyl groups is 1. The second kappa shape index (κ2) is 5.67. The lowest BCUT2D eigenvalue weighted by molar-refractivity contribution is 0.191. The summed E-state index contributed by atoms with van der Waals surface area (Å²) < 4.78 is 40.0. The Balaban J connectivity index is 2.41. The zero-order valence-corrected chi connectivity index (χ0v) is 10.8. The summed E-state index contributed by atoms with van der Waals surface area (Å²) in [6.45, 7) is 1.43. The number of rotatable bonds is 3. The number of halogens is 3. The van der Waals surface area contributed by atoms with Gasteiger partial charge in [0.05, 0.1) is 6.10 Å². The molecule has 0 heterocycles. The maximum Gasteiger partial charge on any atom is 0.140 e. The van der Waals surface area contributed by atoms with Crippen molar-refractivity contribution in [2.24, 2.45) is 0 Å². The van der Waals surface area contributed by atoms with Gasteiger partial charge in [0.1, 0.15) is 17.5 Å². The molecule has 100 valence electrons. The molecule has 1 nitrogen and oxygen atoms in total. The van der Waals surface area contributed by atoms with Crippen LogP contribution in [0.3, 0.4) is 0 Å². The normalized spacial score (nSPS) is 12.5. The fourth-order valence-corrected chi connectivity index (χ4v) is 2.74. The van der Waals surface area contributed by atoms with Crippen LogP contribution in [0, 0.1) is 17.5 Å². The first-order valence-corrected chi connectivity index (χ1v) is 6.40. The van der Waals surface area contributed by atoms with Crippen LogP contribution in [0.1, 0.15) is 18.6 Å². The molecule has 0 saturated heterocycles. The Bertz CT molecular complexity index is 599. The molecule has 2 aromatic carbocycles. The van der Waals surface area contributed by atoms with Gasteiger partial charge in [-0.15, -0.1) is 0 Å². The molecule has 0 aliphatic carbocycles. The summed E-state index contributed by atoms with van der Waals surface area (Å²) in [4.78, 5) is 0.578. The summed E-state index contributed by atoms with van der Waals surface area (Å²) in [5, 5.41) is 9.57. The van der Waals surface area contributed by atoms with E-state index in [2.05, 4.69) is 0 Å². The lowest BCUT2D eigenvalue weighted by Gasteiger charge is -2.12. The van der Waals surface area contributed by atoms with Crippen LogP contribution < -0.4 is 0 Å². The highest BCUT2D eigenvalue weighted by molar-refractivity contribution is 7.99. The molecule has 1 atom stereocenters. The van der Waals surface area contributed by atoms with Gasteiger partial charge in [-0.2, -0.15) is 0 Å². The molecule has 0 radical (unpaired) electrons. The maximum absolute atomic E-state index is 13.6. The molecule has 5 heteroatoms. The zero-order valence-electron chi connectivity index (χ0n) is 10.0. The lowest BCUT2D eigenvalue weighted by atomic mass is 10.1. The Hall–Kier alpha value is -1.46. The van der Waals surface area contributed by atoms with Crippen molar-refractivity contribution in [1.29, 1.82) is 0 Å². The summed E-state index contributed by atoms with van der Waals surface area (Å²) in [6, 6.07) is 7.47. The molecule has 0 amide bonds. The Morgan fingerprint density at radius 1 is 1.00 bits per heavy atom. The van der Waals surface area contributed by atoms with Crippen LogP contribution >= 0.6 is 11.8 Å². The second-order valence-electron chi connectivity index (χ2n) is 4.00. The van der Waals surface area contributed by atoms with E-state index in [0.717, 1.165) is 23.9 Å². The lowest BCUT2D eigenvalue weighted by Crippen LogP contribution is -1.98. The van der Waals surface area contributed by atoms with Gasteiger partial charge in [-0.05, 0) is 31.2 Å². The first-order valence-electron chi connectivity index (χ1n) is 5.58. The van der Waals surface area contributed by atoms with Crippen LogP contribution in [0.2, 0.25) is 0 Å².